The molecule has 0 aromatic carbocycles. The topological polar surface area (TPSA) is 23.1 Å². The highest BCUT2D eigenvalue weighted by Gasteiger charge is 2.44. The molecule has 2 saturated heterocycles. The minimum Gasteiger partial charge on any atom is -0.225 e. The molecule has 2 fully saturated rings. The van der Waals surface area contributed by atoms with Crippen molar-refractivity contribution in [2.45, 2.75) is 25.9 Å². The molecule has 0 N–H and O–H groups in total. The molecule has 58 valence electrons. The fourth-order valence-electron chi connectivity index (χ4n) is 0.997. The Hall–Kier alpha value is 0.0700. The second kappa shape index (κ2) is 2.03. The van der Waals surface area contributed by atoms with Gasteiger partial charge in [-0.1, -0.05) is 0 Å². The minimum atomic E-state index is -0.795. The van der Waals surface area contributed by atoms with Gasteiger partial charge in [-0.25, -0.2) is 12.8 Å². The fraction of sp³-hybridized carbons (Fsp3) is 1.00. The molecule has 0 bridgehead atoms. The van der Waals surface area contributed by atoms with Gasteiger partial charge in [0.1, 0.15) is 0 Å². The summed E-state index contributed by atoms with van der Waals surface area (Å²) in [6.07, 6.45) is 0. The van der Waals surface area contributed by atoms with E-state index in [4.69, 9.17) is 0 Å². The third kappa shape index (κ3) is 1.00. The average molecular weight is 160 g/mol. The lowest BCUT2D eigenvalue weighted by Crippen LogP contribution is -2.14. The van der Waals surface area contributed by atoms with E-state index in [0.717, 1.165) is 13.1 Å². The number of rotatable bonds is 2. The van der Waals surface area contributed by atoms with Crippen molar-refractivity contribution in [2.24, 2.45) is 0 Å². The van der Waals surface area contributed by atoms with Crippen molar-refractivity contribution in [2.75, 3.05) is 13.1 Å². The summed E-state index contributed by atoms with van der Waals surface area (Å²) in [4.78, 5) is 0. The molecular formula is C6H12N2OS. The number of hydrogen-bond acceptors (Lipinski definition) is 1. The summed E-state index contributed by atoms with van der Waals surface area (Å²) in [7, 11) is 0. The Bertz CT molecular complexity index is 167. The van der Waals surface area contributed by atoms with Gasteiger partial charge in [-0.3, -0.25) is 0 Å². The van der Waals surface area contributed by atoms with Gasteiger partial charge in [0.25, 0.3) is 0 Å². The normalized spacial score (nSPS) is 54.2. The van der Waals surface area contributed by atoms with Gasteiger partial charge in [0, 0.05) is 25.2 Å². The van der Waals surface area contributed by atoms with Gasteiger partial charge in [0.2, 0.25) is 0 Å². The van der Waals surface area contributed by atoms with Gasteiger partial charge in [0.05, 0.1) is 0 Å². The predicted molar refractivity (Wildman–Crippen MR) is 40.5 cm³/mol. The third-order valence-corrected chi connectivity index (χ3v) is 3.83. The van der Waals surface area contributed by atoms with Crippen LogP contribution in [0.4, 0.5) is 0 Å². The molecule has 0 aliphatic carbocycles. The molecule has 0 saturated carbocycles. The Morgan fingerprint density at radius 1 is 1.20 bits per heavy atom. The Morgan fingerprint density at radius 3 is 1.70 bits per heavy atom. The number of nitrogens with zero attached hydrogens (tertiary/aromatic N) is 2. The molecule has 4 atom stereocenters. The lowest BCUT2D eigenvalue weighted by Gasteiger charge is -2.00. The van der Waals surface area contributed by atoms with Crippen LogP contribution in [0, 0.1) is 0 Å². The lowest BCUT2D eigenvalue weighted by atomic mass is 10.6. The quantitative estimate of drug-likeness (QED) is 0.520. The molecule has 3 nitrogen and oxygen atoms in total. The minimum absolute atomic E-state index is 0.550. The van der Waals surface area contributed by atoms with Crippen LogP contribution in [0.2, 0.25) is 0 Å². The van der Waals surface area contributed by atoms with E-state index in [2.05, 4.69) is 13.8 Å². The van der Waals surface area contributed by atoms with Crippen LogP contribution in [0.3, 0.4) is 0 Å². The van der Waals surface area contributed by atoms with E-state index in [-0.39, 0.29) is 0 Å². The Balaban J connectivity index is 1.89. The zero-order valence-corrected chi connectivity index (χ0v) is 7.10. The smallest absolute Gasteiger partial charge is 0.173 e. The lowest BCUT2D eigenvalue weighted by molar-refractivity contribution is 0.605. The van der Waals surface area contributed by atoms with Crippen molar-refractivity contribution in [3.05, 3.63) is 0 Å². The molecule has 0 spiro atoms. The van der Waals surface area contributed by atoms with Crippen LogP contribution in [-0.4, -0.2) is 38.0 Å². The molecule has 4 unspecified atom stereocenters. The highest BCUT2D eigenvalue weighted by atomic mass is 32.2. The van der Waals surface area contributed by atoms with Crippen LogP contribution >= 0.6 is 0 Å². The maximum absolute atomic E-state index is 11.4. The van der Waals surface area contributed by atoms with Crippen molar-refractivity contribution < 1.29 is 4.21 Å². The van der Waals surface area contributed by atoms with Crippen molar-refractivity contribution in [3.63, 3.8) is 0 Å². The molecule has 0 aromatic rings. The number of hydrogen-bond donors (Lipinski definition) is 0. The summed E-state index contributed by atoms with van der Waals surface area (Å²) >= 11 is -0.795. The Morgan fingerprint density at radius 2 is 1.50 bits per heavy atom. The van der Waals surface area contributed by atoms with Gasteiger partial charge in [0.15, 0.2) is 11.2 Å². The van der Waals surface area contributed by atoms with Gasteiger partial charge >= 0.3 is 0 Å². The van der Waals surface area contributed by atoms with Crippen LogP contribution in [0.25, 0.3) is 0 Å². The van der Waals surface area contributed by atoms with E-state index in [1.807, 2.05) is 8.61 Å². The maximum Gasteiger partial charge on any atom is 0.173 e. The second-order valence-corrected chi connectivity index (χ2v) is 4.53. The maximum atomic E-state index is 11.4. The predicted octanol–water partition coefficient (Wildman–Crippen LogP) is -0.0267. The van der Waals surface area contributed by atoms with Gasteiger partial charge in [-0.2, -0.15) is 0 Å². The molecule has 2 aliphatic rings. The first-order chi connectivity index (χ1) is 4.70. The van der Waals surface area contributed by atoms with E-state index < -0.39 is 11.2 Å². The van der Waals surface area contributed by atoms with E-state index in [0.29, 0.717) is 12.1 Å². The first kappa shape index (κ1) is 6.76. The van der Waals surface area contributed by atoms with E-state index in [1.54, 1.807) is 0 Å². The fourth-order valence-corrected chi connectivity index (χ4v) is 2.57. The molecule has 0 radical (unpaired) electrons. The molecular weight excluding hydrogens is 148 g/mol. The summed E-state index contributed by atoms with van der Waals surface area (Å²) < 4.78 is 15.4. The van der Waals surface area contributed by atoms with Gasteiger partial charge in [-0.15, -0.1) is 0 Å². The van der Waals surface area contributed by atoms with Crippen LogP contribution in [0.15, 0.2) is 0 Å². The second-order valence-electron chi connectivity index (χ2n) is 3.13. The summed E-state index contributed by atoms with van der Waals surface area (Å²) in [6, 6.07) is 1.10. The summed E-state index contributed by atoms with van der Waals surface area (Å²) in [5.41, 5.74) is 0. The summed E-state index contributed by atoms with van der Waals surface area (Å²) in [6.45, 7) is 6.23. The Labute approximate surface area is 63.7 Å². The van der Waals surface area contributed by atoms with Gasteiger partial charge < -0.3 is 0 Å². The van der Waals surface area contributed by atoms with Crippen molar-refractivity contribution >= 4 is 11.2 Å². The van der Waals surface area contributed by atoms with E-state index >= 15 is 0 Å². The SMILES string of the molecule is CC1CN1S(=O)N1CC1C. The largest absolute Gasteiger partial charge is 0.225 e. The molecule has 2 aliphatic heterocycles. The molecule has 2 heterocycles. The van der Waals surface area contributed by atoms with Crippen molar-refractivity contribution in [1.82, 2.24) is 8.61 Å². The molecule has 0 aromatic heterocycles. The van der Waals surface area contributed by atoms with Crippen LogP contribution < -0.4 is 0 Å². The van der Waals surface area contributed by atoms with E-state index in [1.165, 1.54) is 0 Å². The average Bonchev–Trinajstić information content (AvgIpc) is 2.70. The molecule has 10 heavy (non-hydrogen) atoms. The van der Waals surface area contributed by atoms with Crippen LogP contribution in [0.5, 0.6) is 0 Å². The molecule has 2 rings (SSSR count). The van der Waals surface area contributed by atoms with E-state index in [9.17, 15) is 4.21 Å². The first-order valence-corrected chi connectivity index (χ1v) is 4.72. The molecule has 4 heteroatoms. The monoisotopic (exact) mass is 160 g/mol. The first-order valence-electron chi connectivity index (χ1n) is 3.65. The highest BCUT2D eigenvalue weighted by molar-refractivity contribution is 7.80. The highest BCUT2D eigenvalue weighted by Crippen LogP contribution is 2.28. The zero-order valence-electron chi connectivity index (χ0n) is 6.28. The summed E-state index contributed by atoms with van der Waals surface area (Å²) in [5, 5.41) is 0. The zero-order chi connectivity index (χ0) is 7.30. The summed E-state index contributed by atoms with van der Waals surface area (Å²) in [5.74, 6) is 0. The van der Waals surface area contributed by atoms with Crippen molar-refractivity contribution in [3.8, 4) is 0 Å². The molecule has 0 amide bonds. The third-order valence-electron chi connectivity index (χ3n) is 2.01. The Kier molecular flexibility index (Phi) is 1.37. The van der Waals surface area contributed by atoms with Crippen LogP contribution in [-0.2, 0) is 11.2 Å². The van der Waals surface area contributed by atoms with Crippen molar-refractivity contribution in [1.29, 1.82) is 0 Å². The van der Waals surface area contributed by atoms with Crippen LogP contribution in [0.1, 0.15) is 13.8 Å². The standard InChI is InChI=1S/C6H12N2OS/c1-5-3-7(5)10(9)8-4-6(8)2/h5-6H,3-4H2,1-2H3. The van der Waals surface area contributed by atoms with Gasteiger partial charge in [-0.05, 0) is 13.8 Å².